The van der Waals surface area contributed by atoms with E-state index in [-0.39, 0.29) is 23.8 Å². The summed E-state index contributed by atoms with van der Waals surface area (Å²) in [6.07, 6.45) is 1.47. The molecule has 2 aromatic rings. The van der Waals surface area contributed by atoms with Crippen LogP contribution in [0, 0.1) is 0 Å². The number of rotatable bonds is 5. The zero-order valence-corrected chi connectivity index (χ0v) is 12.4. The Morgan fingerprint density at radius 3 is 2.90 bits per heavy atom. The summed E-state index contributed by atoms with van der Waals surface area (Å²) in [7, 11) is 1.65. The molecule has 0 aromatic carbocycles. The topological polar surface area (TPSA) is 112 Å². The third kappa shape index (κ3) is 3.57. The largest absolute Gasteiger partial charge is 0.466 e. The Morgan fingerprint density at radius 2 is 2.29 bits per heavy atom. The van der Waals surface area contributed by atoms with Crippen molar-refractivity contribution < 1.29 is 14.3 Å². The van der Waals surface area contributed by atoms with Gasteiger partial charge in [0.2, 0.25) is 0 Å². The zero-order valence-electron chi connectivity index (χ0n) is 11.6. The normalized spacial score (nSPS) is 10.4. The van der Waals surface area contributed by atoms with Gasteiger partial charge in [-0.25, -0.2) is 4.98 Å². The van der Waals surface area contributed by atoms with Gasteiger partial charge >= 0.3 is 5.97 Å². The van der Waals surface area contributed by atoms with Gasteiger partial charge < -0.3 is 10.5 Å². The highest BCUT2D eigenvalue weighted by Crippen LogP contribution is 2.18. The number of nitrogens with two attached hydrogens (primary N) is 1. The van der Waals surface area contributed by atoms with Crippen LogP contribution in [0.3, 0.4) is 0 Å². The quantitative estimate of drug-likeness (QED) is 0.791. The van der Waals surface area contributed by atoms with E-state index in [0.717, 1.165) is 0 Å². The van der Waals surface area contributed by atoms with Gasteiger partial charge in [0.25, 0.3) is 5.91 Å². The van der Waals surface area contributed by atoms with Crippen LogP contribution >= 0.6 is 11.3 Å². The highest BCUT2D eigenvalue weighted by Gasteiger charge is 2.16. The van der Waals surface area contributed by atoms with Gasteiger partial charge in [-0.3, -0.25) is 19.6 Å². The third-order valence-corrected chi connectivity index (χ3v) is 3.44. The van der Waals surface area contributed by atoms with Crippen molar-refractivity contribution in [2.75, 3.05) is 17.7 Å². The van der Waals surface area contributed by atoms with Crippen molar-refractivity contribution in [1.82, 2.24) is 14.8 Å². The second kappa shape index (κ2) is 6.35. The number of carbonyl (C=O) groups is 2. The molecule has 9 heteroatoms. The van der Waals surface area contributed by atoms with Gasteiger partial charge in [0.1, 0.15) is 11.4 Å². The van der Waals surface area contributed by atoms with E-state index in [9.17, 15) is 9.59 Å². The van der Waals surface area contributed by atoms with Crippen LogP contribution in [0.2, 0.25) is 0 Å². The smallest absolute Gasteiger partial charge is 0.311 e. The molecule has 2 rings (SSSR count). The molecule has 0 spiro atoms. The molecule has 2 aromatic heterocycles. The summed E-state index contributed by atoms with van der Waals surface area (Å²) in [6.45, 7) is 2.07. The lowest BCUT2D eigenvalue weighted by molar-refractivity contribution is -0.142. The number of hydrogen-bond donors (Lipinski definition) is 2. The van der Waals surface area contributed by atoms with Crippen LogP contribution in [-0.2, 0) is 23.0 Å². The van der Waals surface area contributed by atoms with E-state index >= 15 is 0 Å². The molecule has 3 N–H and O–H groups in total. The lowest BCUT2D eigenvalue weighted by Gasteiger charge is -2.01. The third-order valence-electron chi connectivity index (χ3n) is 2.63. The average molecular weight is 309 g/mol. The first-order valence-electron chi connectivity index (χ1n) is 6.20. The molecule has 0 unspecified atom stereocenters. The fourth-order valence-corrected chi connectivity index (χ4v) is 2.30. The first-order valence-corrected chi connectivity index (χ1v) is 7.08. The molecule has 21 heavy (non-hydrogen) atoms. The van der Waals surface area contributed by atoms with Crippen molar-refractivity contribution in [3.63, 3.8) is 0 Å². The van der Waals surface area contributed by atoms with E-state index in [1.807, 2.05) is 0 Å². The molecule has 1 amide bonds. The van der Waals surface area contributed by atoms with Crippen molar-refractivity contribution in [3.05, 3.63) is 22.8 Å². The highest BCUT2D eigenvalue weighted by molar-refractivity contribution is 7.14. The van der Waals surface area contributed by atoms with Crippen molar-refractivity contribution >= 4 is 34.2 Å². The Balaban J connectivity index is 2.01. The molecular weight excluding hydrogens is 294 g/mol. The number of anilines is 2. The number of ether oxygens (including phenoxy) is 1. The van der Waals surface area contributed by atoms with Gasteiger partial charge in [-0.1, -0.05) is 0 Å². The minimum absolute atomic E-state index is 0.0786. The average Bonchev–Trinajstić information content (AvgIpc) is 2.98. The summed E-state index contributed by atoms with van der Waals surface area (Å²) in [5.74, 6) is -0.467. The molecular formula is C12H15N5O3S. The van der Waals surface area contributed by atoms with Crippen LogP contribution in [0.4, 0.5) is 10.9 Å². The van der Waals surface area contributed by atoms with Crippen LogP contribution in [0.1, 0.15) is 23.0 Å². The number of aryl methyl sites for hydroxylation is 1. The number of thiazole rings is 1. The first-order chi connectivity index (χ1) is 10.0. The molecule has 0 atom stereocenters. The molecule has 112 valence electrons. The summed E-state index contributed by atoms with van der Waals surface area (Å²) in [4.78, 5) is 27.5. The van der Waals surface area contributed by atoms with Crippen LogP contribution in [0.15, 0.2) is 11.6 Å². The maximum atomic E-state index is 12.0. The lowest BCUT2D eigenvalue weighted by atomic mass is 10.3. The molecule has 0 fully saturated rings. The highest BCUT2D eigenvalue weighted by atomic mass is 32.1. The number of amides is 1. The molecule has 0 bridgehead atoms. The van der Waals surface area contributed by atoms with Crippen molar-refractivity contribution in [3.8, 4) is 0 Å². The predicted molar refractivity (Wildman–Crippen MR) is 78.0 cm³/mol. The molecule has 2 heterocycles. The minimum atomic E-state index is -0.391. The van der Waals surface area contributed by atoms with E-state index in [1.54, 1.807) is 19.4 Å². The maximum Gasteiger partial charge on any atom is 0.311 e. The van der Waals surface area contributed by atoms with E-state index < -0.39 is 5.91 Å². The zero-order chi connectivity index (χ0) is 15.4. The van der Waals surface area contributed by atoms with Gasteiger partial charge in [-0.2, -0.15) is 5.10 Å². The summed E-state index contributed by atoms with van der Waals surface area (Å²) in [5, 5.41) is 8.60. The Morgan fingerprint density at radius 1 is 1.52 bits per heavy atom. The van der Waals surface area contributed by atoms with Gasteiger partial charge in [0.05, 0.1) is 24.9 Å². The minimum Gasteiger partial charge on any atom is -0.466 e. The standard InChI is InChI=1S/C12H15N5O3S/c1-3-20-9(18)4-7-6-21-12(15-7)16-11(19)8-5-14-17(2)10(8)13/h5-6H,3-4,13H2,1-2H3,(H,15,16,19). The molecule has 8 nitrogen and oxygen atoms in total. The number of esters is 1. The number of carbonyl (C=O) groups excluding carboxylic acids is 2. The Labute approximate surface area is 124 Å². The monoisotopic (exact) mass is 309 g/mol. The molecule has 0 saturated carbocycles. The number of nitrogens with one attached hydrogen (secondary N) is 1. The van der Waals surface area contributed by atoms with Gasteiger partial charge in [0, 0.05) is 12.4 Å². The Bertz CT molecular complexity index is 664. The molecule has 0 aliphatic carbocycles. The molecule has 0 aliphatic heterocycles. The van der Waals surface area contributed by atoms with E-state index in [1.165, 1.54) is 22.2 Å². The Kier molecular flexibility index (Phi) is 4.53. The fraction of sp³-hybridized carbons (Fsp3) is 0.333. The summed E-state index contributed by atoms with van der Waals surface area (Å²) < 4.78 is 6.24. The second-order valence-electron chi connectivity index (χ2n) is 4.15. The number of hydrogen-bond acceptors (Lipinski definition) is 7. The van der Waals surface area contributed by atoms with Crippen LogP contribution in [-0.4, -0.2) is 33.2 Å². The van der Waals surface area contributed by atoms with Crippen LogP contribution in [0.5, 0.6) is 0 Å². The molecule has 0 saturated heterocycles. The second-order valence-corrected chi connectivity index (χ2v) is 5.01. The summed E-state index contributed by atoms with van der Waals surface area (Å²) in [6, 6.07) is 0. The molecule has 0 aliphatic rings. The summed E-state index contributed by atoms with van der Waals surface area (Å²) in [5.41, 5.74) is 6.55. The van der Waals surface area contributed by atoms with E-state index in [2.05, 4.69) is 15.4 Å². The number of aromatic nitrogens is 3. The van der Waals surface area contributed by atoms with E-state index in [0.29, 0.717) is 17.4 Å². The SMILES string of the molecule is CCOC(=O)Cc1csc(NC(=O)c2cnn(C)c2N)n1. The van der Waals surface area contributed by atoms with E-state index in [4.69, 9.17) is 10.5 Å². The number of nitrogens with zero attached hydrogens (tertiary/aromatic N) is 3. The summed E-state index contributed by atoms with van der Waals surface area (Å²) >= 11 is 1.23. The van der Waals surface area contributed by atoms with Crippen molar-refractivity contribution in [1.29, 1.82) is 0 Å². The first kappa shape index (κ1) is 15.0. The van der Waals surface area contributed by atoms with Crippen molar-refractivity contribution in [2.45, 2.75) is 13.3 Å². The van der Waals surface area contributed by atoms with Crippen LogP contribution < -0.4 is 11.1 Å². The molecule has 0 radical (unpaired) electrons. The number of nitrogen functional groups attached to an aromatic ring is 1. The van der Waals surface area contributed by atoms with Gasteiger partial charge in [-0.05, 0) is 6.92 Å². The lowest BCUT2D eigenvalue weighted by Crippen LogP contribution is -2.14. The maximum absolute atomic E-state index is 12.0. The van der Waals surface area contributed by atoms with Gasteiger partial charge in [-0.15, -0.1) is 11.3 Å². The fourth-order valence-electron chi connectivity index (χ4n) is 1.59. The van der Waals surface area contributed by atoms with Gasteiger partial charge in [0.15, 0.2) is 5.13 Å². The Hall–Kier alpha value is -2.42. The van der Waals surface area contributed by atoms with Crippen molar-refractivity contribution in [2.24, 2.45) is 7.05 Å². The predicted octanol–water partition coefficient (Wildman–Crippen LogP) is 0.817. The van der Waals surface area contributed by atoms with Crippen LogP contribution in [0.25, 0.3) is 0 Å².